The van der Waals surface area contributed by atoms with Crippen molar-refractivity contribution in [1.29, 1.82) is 0 Å². The first-order chi connectivity index (χ1) is 13.8. The van der Waals surface area contributed by atoms with Gasteiger partial charge in [-0.1, -0.05) is 12.1 Å². The van der Waals surface area contributed by atoms with Gasteiger partial charge in [-0.25, -0.2) is 17.5 Å². The van der Waals surface area contributed by atoms with Crippen molar-refractivity contribution in [2.45, 2.75) is 36.9 Å². The van der Waals surface area contributed by atoms with E-state index in [0.29, 0.717) is 11.6 Å². The Morgan fingerprint density at radius 2 is 1.63 bits per heavy atom. The molecule has 0 saturated heterocycles. The minimum atomic E-state index is -4.83. The van der Waals surface area contributed by atoms with Crippen LogP contribution in [0.15, 0.2) is 58.2 Å². The molecule has 3 aromatic rings. The summed E-state index contributed by atoms with van der Waals surface area (Å²) in [6.45, 7) is 3.21. The Kier molecular flexibility index (Phi) is 5.50. The number of hydrogen-bond acceptors (Lipinski definition) is 3. The molecule has 0 unspecified atom stereocenters. The van der Waals surface area contributed by atoms with Gasteiger partial charge in [-0.3, -0.25) is 4.79 Å². The van der Waals surface area contributed by atoms with Crippen molar-refractivity contribution >= 4 is 20.9 Å². The Hall–Kier alpha value is -2.72. The molecule has 0 fully saturated rings. The largest absolute Gasteiger partial charge is 0.417 e. The lowest BCUT2D eigenvalue weighted by atomic mass is 9.96. The van der Waals surface area contributed by atoms with Gasteiger partial charge in [0.15, 0.2) is 0 Å². The van der Waals surface area contributed by atoms with Crippen LogP contribution < -0.4 is 10.3 Å². The molecular formula is C20H18F4N2O3S. The average Bonchev–Trinajstić information content (AvgIpc) is 2.60. The second kappa shape index (κ2) is 7.51. The molecule has 1 aromatic heterocycles. The third-order valence-corrected chi connectivity index (χ3v) is 6.10. The van der Waals surface area contributed by atoms with Gasteiger partial charge in [0.05, 0.1) is 10.5 Å². The summed E-state index contributed by atoms with van der Waals surface area (Å²) in [6, 6.07) is 9.06. The lowest BCUT2D eigenvalue weighted by molar-refractivity contribution is -0.136. The molecule has 3 rings (SSSR count). The zero-order valence-electron chi connectivity index (χ0n) is 16.0. The van der Waals surface area contributed by atoms with Crippen LogP contribution in [0.1, 0.15) is 25.0 Å². The fourth-order valence-electron chi connectivity index (χ4n) is 3.21. The number of sulfonamides is 1. The summed E-state index contributed by atoms with van der Waals surface area (Å²) >= 11 is 0. The van der Waals surface area contributed by atoms with Crippen LogP contribution in [0.4, 0.5) is 17.6 Å². The minimum absolute atomic E-state index is 0.126. The summed E-state index contributed by atoms with van der Waals surface area (Å²) in [4.78, 5) is 13.4. The molecule has 0 aliphatic carbocycles. The van der Waals surface area contributed by atoms with E-state index in [1.54, 1.807) is 13.8 Å². The van der Waals surface area contributed by atoms with Crippen LogP contribution in [-0.2, 0) is 22.6 Å². The Morgan fingerprint density at radius 1 is 1.00 bits per heavy atom. The zero-order valence-corrected chi connectivity index (χ0v) is 16.8. The first kappa shape index (κ1) is 22.0. The maximum Gasteiger partial charge on any atom is 0.417 e. The Bertz CT molecular complexity index is 1250. The minimum Gasteiger partial charge on any atom is -0.322 e. The molecule has 0 atom stereocenters. The van der Waals surface area contributed by atoms with Gasteiger partial charge < -0.3 is 4.98 Å². The van der Waals surface area contributed by atoms with E-state index in [2.05, 4.69) is 9.71 Å². The van der Waals surface area contributed by atoms with Gasteiger partial charge in [0.25, 0.3) is 0 Å². The number of aromatic nitrogens is 1. The van der Waals surface area contributed by atoms with Crippen molar-refractivity contribution in [1.82, 2.24) is 9.71 Å². The van der Waals surface area contributed by atoms with E-state index in [4.69, 9.17) is 0 Å². The van der Waals surface area contributed by atoms with Gasteiger partial charge in [-0.05, 0) is 56.2 Å². The highest BCUT2D eigenvalue weighted by atomic mass is 32.2. The van der Waals surface area contributed by atoms with Gasteiger partial charge in [0.1, 0.15) is 5.82 Å². The van der Waals surface area contributed by atoms with Crippen LogP contribution in [0.5, 0.6) is 0 Å². The number of hydrogen-bond donors (Lipinski definition) is 2. The van der Waals surface area contributed by atoms with Gasteiger partial charge in [-0.15, -0.1) is 0 Å². The van der Waals surface area contributed by atoms with Crippen molar-refractivity contribution < 1.29 is 26.0 Å². The van der Waals surface area contributed by atoms with Crippen LogP contribution in [-0.4, -0.2) is 18.9 Å². The van der Waals surface area contributed by atoms with Crippen molar-refractivity contribution in [3.05, 3.63) is 75.8 Å². The summed E-state index contributed by atoms with van der Waals surface area (Å²) in [5.74, 6) is -0.424. The molecule has 10 heteroatoms. The average molecular weight is 442 g/mol. The molecule has 0 radical (unpaired) electrons. The molecule has 30 heavy (non-hydrogen) atoms. The van der Waals surface area contributed by atoms with E-state index in [9.17, 15) is 30.8 Å². The second-order valence-electron chi connectivity index (χ2n) is 7.55. The molecule has 1 heterocycles. The normalized spacial score (nSPS) is 13.0. The lowest BCUT2D eigenvalue weighted by Crippen LogP contribution is -2.45. The first-order valence-corrected chi connectivity index (χ1v) is 10.3. The SMILES string of the molecule is CC(C)(Cc1ccc(F)cc1)NS(=O)(=O)c1ccc2[nH]c(=O)cc(C(F)(F)F)c2c1. The van der Waals surface area contributed by atoms with Gasteiger partial charge in [-0.2, -0.15) is 13.2 Å². The summed E-state index contributed by atoms with van der Waals surface area (Å²) in [7, 11) is -4.19. The number of H-pyrrole nitrogens is 1. The molecule has 0 saturated carbocycles. The first-order valence-electron chi connectivity index (χ1n) is 8.80. The highest BCUT2D eigenvalue weighted by Crippen LogP contribution is 2.34. The molecule has 0 amide bonds. The van der Waals surface area contributed by atoms with Crippen LogP contribution >= 0.6 is 0 Å². The van der Waals surface area contributed by atoms with E-state index in [0.717, 1.165) is 18.2 Å². The van der Waals surface area contributed by atoms with E-state index in [1.807, 2.05) is 0 Å². The Morgan fingerprint density at radius 3 is 2.23 bits per heavy atom. The quantitative estimate of drug-likeness (QED) is 0.587. The van der Waals surface area contributed by atoms with Gasteiger partial charge in [0, 0.05) is 22.5 Å². The number of benzene rings is 2. The third-order valence-electron chi connectivity index (χ3n) is 4.40. The summed E-state index contributed by atoms with van der Waals surface area (Å²) in [6.07, 6.45) is -4.61. The molecule has 160 valence electrons. The van der Waals surface area contributed by atoms with Crippen molar-refractivity contribution in [3.63, 3.8) is 0 Å². The zero-order chi connectivity index (χ0) is 22.3. The number of pyridine rings is 1. The molecule has 0 aliphatic heterocycles. The lowest BCUT2D eigenvalue weighted by Gasteiger charge is -2.26. The molecular weight excluding hydrogens is 424 g/mol. The van der Waals surface area contributed by atoms with Crippen LogP contribution in [0.25, 0.3) is 10.9 Å². The Balaban J connectivity index is 1.98. The number of alkyl halides is 3. The number of rotatable bonds is 5. The summed E-state index contributed by atoms with van der Waals surface area (Å²) in [5, 5.41) is -0.429. The molecule has 2 N–H and O–H groups in total. The number of aromatic amines is 1. The predicted octanol–water partition coefficient (Wildman–Crippen LogP) is 3.99. The molecule has 0 spiro atoms. The van der Waals surface area contributed by atoms with Crippen LogP contribution in [0.2, 0.25) is 0 Å². The highest BCUT2D eigenvalue weighted by molar-refractivity contribution is 7.89. The fraction of sp³-hybridized carbons (Fsp3) is 0.250. The molecule has 0 bridgehead atoms. The van der Waals surface area contributed by atoms with Gasteiger partial charge in [0.2, 0.25) is 15.6 Å². The van der Waals surface area contributed by atoms with Crippen LogP contribution in [0, 0.1) is 5.82 Å². The van der Waals surface area contributed by atoms with E-state index in [1.165, 1.54) is 24.3 Å². The standard InChI is InChI=1S/C20H18F4N2O3S/c1-19(2,11-12-3-5-13(21)6-4-12)26-30(28,29)14-7-8-17-15(9-14)16(20(22,23)24)10-18(27)25-17/h3-10,26H,11H2,1-2H3,(H,25,27). The monoisotopic (exact) mass is 442 g/mol. The molecule has 2 aromatic carbocycles. The van der Waals surface area contributed by atoms with Gasteiger partial charge >= 0.3 is 6.18 Å². The van der Waals surface area contributed by atoms with E-state index in [-0.39, 0.29) is 16.8 Å². The maximum absolute atomic E-state index is 13.3. The van der Waals surface area contributed by atoms with Crippen LogP contribution in [0.3, 0.4) is 0 Å². The molecule has 5 nitrogen and oxygen atoms in total. The summed E-state index contributed by atoms with van der Waals surface area (Å²) in [5.41, 5.74) is -2.62. The number of nitrogens with one attached hydrogen (secondary N) is 2. The topological polar surface area (TPSA) is 79.0 Å². The number of halogens is 4. The van der Waals surface area contributed by atoms with E-state index < -0.39 is 44.1 Å². The highest BCUT2D eigenvalue weighted by Gasteiger charge is 2.34. The van der Waals surface area contributed by atoms with Crippen molar-refractivity contribution in [3.8, 4) is 0 Å². The fourth-order valence-corrected chi connectivity index (χ4v) is 4.64. The van der Waals surface area contributed by atoms with E-state index >= 15 is 0 Å². The number of fused-ring (bicyclic) bond motifs is 1. The smallest absolute Gasteiger partial charge is 0.322 e. The molecule has 0 aliphatic rings. The Labute approximate surface area is 169 Å². The third kappa shape index (κ3) is 4.88. The summed E-state index contributed by atoms with van der Waals surface area (Å²) < 4.78 is 81.2. The predicted molar refractivity (Wildman–Crippen MR) is 104 cm³/mol. The van der Waals surface area contributed by atoms with Crippen molar-refractivity contribution in [2.75, 3.05) is 0 Å². The maximum atomic E-state index is 13.3. The van der Waals surface area contributed by atoms with Crippen molar-refractivity contribution in [2.24, 2.45) is 0 Å². The second-order valence-corrected chi connectivity index (χ2v) is 9.23.